The van der Waals surface area contributed by atoms with Crippen LogP contribution in [-0.4, -0.2) is 28.5 Å². The molecule has 0 aliphatic heterocycles. The quantitative estimate of drug-likeness (QED) is 0.281. The third kappa shape index (κ3) is 5.32. The number of ether oxygens (including phenoxy) is 1. The van der Waals surface area contributed by atoms with Gasteiger partial charge in [0.25, 0.3) is 0 Å². The van der Waals surface area contributed by atoms with E-state index < -0.39 is 17.8 Å². The number of carbonyl (C=O) groups excluding carboxylic acids is 2. The van der Waals surface area contributed by atoms with Crippen LogP contribution in [0.25, 0.3) is 0 Å². The first-order chi connectivity index (χ1) is 15.5. The van der Waals surface area contributed by atoms with Crippen LogP contribution in [0.3, 0.4) is 0 Å². The first-order valence-electron chi connectivity index (χ1n) is 10.5. The molecule has 1 aromatic carbocycles. The molecule has 1 fully saturated rings. The summed E-state index contributed by atoms with van der Waals surface area (Å²) in [6, 6.07) is 17.8. The van der Waals surface area contributed by atoms with Gasteiger partial charge in [-0.2, -0.15) is 0 Å². The molecule has 164 valence electrons. The molecule has 1 aliphatic rings. The minimum atomic E-state index is -1.10. The summed E-state index contributed by atoms with van der Waals surface area (Å²) in [5.41, 5.74) is 1.37. The first kappa shape index (κ1) is 22.0. The Kier molecular flexibility index (Phi) is 6.51. The number of pyridine rings is 2. The van der Waals surface area contributed by atoms with Crippen molar-refractivity contribution in [2.24, 2.45) is 5.41 Å². The normalized spacial score (nSPS) is 14.9. The molecule has 4 rings (SSSR count). The lowest BCUT2D eigenvalue weighted by molar-refractivity contribution is -0.149. The molecule has 1 unspecified atom stereocenters. The van der Waals surface area contributed by atoms with Gasteiger partial charge in [0, 0.05) is 17.8 Å². The van der Waals surface area contributed by atoms with E-state index in [2.05, 4.69) is 16.9 Å². The summed E-state index contributed by atoms with van der Waals surface area (Å²) in [4.78, 5) is 37.0. The molecule has 1 amide bonds. The number of carbonyl (C=O) groups is 2. The van der Waals surface area contributed by atoms with Crippen molar-refractivity contribution < 1.29 is 14.3 Å². The van der Waals surface area contributed by atoms with Gasteiger partial charge in [0.2, 0.25) is 5.91 Å². The summed E-state index contributed by atoms with van der Waals surface area (Å²) in [7, 11) is 0. The molecule has 2 heterocycles. The molecule has 6 nitrogen and oxygen atoms in total. The topological polar surface area (TPSA) is 72.4 Å². The Hall–Kier alpha value is -3.25. The standard InChI is InChI=1S/C25H24ClN3O3/c1-25(12-13-25)17-32-24(31)22(19-7-3-2-4-8-19)23(30)29(21-9-5-6-14-27-21)16-18-10-11-20(26)28-15-18/h2-11,14-15,22H,12-13,16-17H2,1H3. The van der Waals surface area contributed by atoms with Gasteiger partial charge >= 0.3 is 5.97 Å². The van der Waals surface area contributed by atoms with Crippen molar-refractivity contribution in [3.8, 4) is 0 Å². The highest BCUT2D eigenvalue weighted by atomic mass is 35.5. The third-order valence-electron chi connectivity index (χ3n) is 5.60. The lowest BCUT2D eigenvalue weighted by Gasteiger charge is -2.26. The van der Waals surface area contributed by atoms with Crippen LogP contribution in [-0.2, 0) is 20.9 Å². The van der Waals surface area contributed by atoms with Gasteiger partial charge < -0.3 is 4.74 Å². The van der Waals surface area contributed by atoms with Gasteiger partial charge in [-0.15, -0.1) is 0 Å². The number of esters is 1. The molecule has 2 aromatic heterocycles. The van der Waals surface area contributed by atoms with E-state index in [0.29, 0.717) is 23.1 Å². The van der Waals surface area contributed by atoms with E-state index in [1.54, 1.807) is 67.0 Å². The minimum absolute atomic E-state index is 0.0234. The number of aromatic nitrogens is 2. The SMILES string of the molecule is CC1(COC(=O)C(C(=O)N(Cc2ccc(Cl)nc2)c2ccccn2)c2ccccc2)CC1. The number of halogens is 1. The van der Waals surface area contributed by atoms with Gasteiger partial charge in [-0.3, -0.25) is 14.5 Å². The van der Waals surface area contributed by atoms with Gasteiger partial charge in [-0.25, -0.2) is 9.97 Å². The number of hydrogen-bond donors (Lipinski definition) is 0. The van der Waals surface area contributed by atoms with Crippen molar-refractivity contribution in [2.45, 2.75) is 32.2 Å². The maximum Gasteiger partial charge on any atom is 0.323 e. The molecular weight excluding hydrogens is 426 g/mol. The molecule has 0 spiro atoms. The Bertz CT molecular complexity index is 1070. The second kappa shape index (κ2) is 9.49. The molecule has 1 saturated carbocycles. The summed E-state index contributed by atoms with van der Waals surface area (Å²) in [6.45, 7) is 2.58. The summed E-state index contributed by atoms with van der Waals surface area (Å²) < 4.78 is 5.62. The minimum Gasteiger partial charge on any atom is -0.464 e. The second-order valence-electron chi connectivity index (χ2n) is 8.36. The lowest BCUT2D eigenvalue weighted by atomic mass is 9.97. The molecular formula is C25H24ClN3O3. The van der Waals surface area contributed by atoms with E-state index in [1.165, 1.54) is 4.90 Å². The van der Waals surface area contributed by atoms with E-state index in [1.807, 2.05) is 6.07 Å². The van der Waals surface area contributed by atoms with E-state index in [9.17, 15) is 9.59 Å². The monoisotopic (exact) mass is 449 g/mol. The van der Waals surface area contributed by atoms with Crippen LogP contribution in [0.2, 0.25) is 5.15 Å². The Morgan fingerprint density at radius 2 is 1.81 bits per heavy atom. The van der Waals surface area contributed by atoms with E-state index in [-0.39, 0.29) is 12.0 Å². The van der Waals surface area contributed by atoms with Crippen LogP contribution in [0.4, 0.5) is 5.82 Å². The number of nitrogens with zero attached hydrogens (tertiary/aromatic N) is 3. The van der Waals surface area contributed by atoms with Gasteiger partial charge in [0.1, 0.15) is 11.0 Å². The van der Waals surface area contributed by atoms with Crippen molar-refractivity contribution in [1.82, 2.24) is 9.97 Å². The molecule has 7 heteroatoms. The predicted molar refractivity (Wildman–Crippen MR) is 122 cm³/mol. The molecule has 1 aliphatic carbocycles. The summed E-state index contributed by atoms with van der Waals surface area (Å²) in [5, 5.41) is 0.365. The van der Waals surface area contributed by atoms with Crippen molar-refractivity contribution >= 4 is 29.3 Å². The Balaban J connectivity index is 1.66. The number of hydrogen-bond acceptors (Lipinski definition) is 5. The number of anilines is 1. The fraction of sp³-hybridized carbons (Fsp3) is 0.280. The van der Waals surface area contributed by atoms with Gasteiger partial charge in [0.05, 0.1) is 13.2 Å². The van der Waals surface area contributed by atoms with Gasteiger partial charge in [-0.1, -0.05) is 61.0 Å². The van der Waals surface area contributed by atoms with Crippen molar-refractivity contribution in [3.63, 3.8) is 0 Å². The fourth-order valence-corrected chi connectivity index (χ4v) is 3.45. The van der Waals surface area contributed by atoms with Crippen LogP contribution in [0.5, 0.6) is 0 Å². The maximum atomic E-state index is 13.8. The highest BCUT2D eigenvalue weighted by Crippen LogP contribution is 2.45. The van der Waals surface area contributed by atoms with Crippen LogP contribution in [0.15, 0.2) is 73.1 Å². The maximum absolute atomic E-state index is 13.8. The highest BCUT2D eigenvalue weighted by molar-refractivity contribution is 6.29. The zero-order valence-corrected chi connectivity index (χ0v) is 18.5. The summed E-state index contributed by atoms with van der Waals surface area (Å²) in [6.07, 6.45) is 5.26. The van der Waals surface area contributed by atoms with Crippen molar-refractivity contribution in [1.29, 1.82) is 0 Å². The average molecular weight is 450 g/mol. The molecule has 0 bridgehead atoms. The van der Waals surface area contributed by atoms with Crippen LogP contribution >= 0.6 is 11.6 Å². The zero-order valence-electron chi connectivity index (χ0n) is 17.8. The molecule has 3 aromatic rings. The second-order valence-corrected chi connectivity index (χ2v) is 8.75. The largest absolute Gasteiger partial charge is 0.464 e. The fourth-order valence-electron chi connectivity index (χ4n) is 3.33. The Labute approximate surface area is 192 Å². The number of benzene rings is 1. The first-order valence-corrected chi connectivity index (χ1v) is 10.9. The van der Waals surface area contributed by atoms with E-state index >= 15 is 0 Å². The van der Waals surface area contributed by atoms with Crippen LogP contribution < -0.4 is 4.90 Å². The summed E-state index contributed by atoms with van der Waals surface area (Å²) in [5.74, 6) is -1.61. The van der Waals surface area contributed by atoms with E-state index in [4.69, 9.17) is 16.3 Å². The molecule has 32 heavy (non-hydrogen) atoms. The van der Waals surface area contributed by atoms with Crippen LogP contribution in [0.1, 0.15) is 36.8 Å². The Morgan fingerprint density at radius 1 is 1.06 bits per heavy atom. The highest BCUT2D eigenvalue weighted by Gasteiger charge is 2.41. The smallest absolute Gasteiger partial charge is 0.323 e. The molecule has 0 saturated heterocycles. The molecule has 0 N–H and O–H groups in total. The van der Waals surface area contributed by atoms with Crippen molar-refractivity contribution in [3.05, 3.63) is 89.3 Å². The van der Waals surface area contributed by atoms with Crippen LogP contribution in [0, 0.1) is 5.41 Å². The Morgan fingerprint density at radius 3 is 2.44 bits per heavy atom. The summed E-state index contributed by atoms with van der Waals surface area (Å²) >= 11 is 5.91. The van der Waals surface area contributed by atoms with Crippen molar-refractivity contribution in [2.75, 3.05) is 11.5 Å². The predicted octanol–water partition coefficient (Wildman–Crippen LogP) is 4.79. The number of amides is 1. The van der Waals surface area contributed by atoms with E-state index in [0.717, 1.165) is 18.4 Å². The molecule has 1 atom stereocenters. The van der Waals surface area contributed by atoms with Gasteiger partial charge in [-0.05, 0) is 42.2 Å². The lowest BCUT2D eigenvalue weighted by Crippen LogP contribution is -2.39. The third-order valence-corrected chi connectivity index (χ3v) is 5.83. The zero-order chi connectivity index (χ0) is 22.6. The van der Waals surface area contributed by atoms with Gasteiger partial charge in [0.15, 0.2) is 5.92 Å². The number of rotatable bonds is 8. The average Bonchev–Trinajstić information content (AvgIpc) is 3.56. The molecule has 0 radical (unpaired) electrons.